The Morgan fingerprint density at radius 2 is 1.71 bits per heavy atom. The van der Waals surface area contributed by atoms with Gasteiger partial charge in [-0.05, 0) is 54.8 Å². The van der Waals surface area contributed by atoms with Gasteiger partial charge in [0.05, 0.1) is 22.9 Å². The van der Waals surface area contributed by atoms with E-state index in [4.69, 9.17) is 4.74 Å². The first-order chi connectivity index (χ1) is 16.5. The number of thioether (sulfide) groups is 1. The minimum atomic E-state index is -0.455. The number of rotatable bonds is 8. The summed E-state index contributed by atoms with van der Waals surface area (Å²) in [7, 11) is 1.62. The smallest absolute Gasteiger partial charge is 0.237 e. The molecule has 8 nitrogen and oxygen atoms in total. The first-order valence-corrected chi connectivity index (χ1v) is 12.2. The topological polar surface area (TPSA) is 98.1 Å². The summed E-state index contributed by atoms with van der Waals surface area (Å²) in [5.41, 5.74) is 2.10. The maximum absolute atomic E-state index is 12.9. The van der Waals surface area contributed by atoms with Crippen molar-refractivity contribution in [1.29, 1.82) is 0 Å². The highest BCUT2D eigenvalue weighted by atomic mass is 32.2. The highest BCUT2D eigenvalue weighted by Gasteiger charge is 2.23. The third kappa shape index (κ3) is 5.29. The van der Waals surface area contributed by atoms with Crippen LogP contribution in [0.4, 0.5) is 11.4 Å². The van der Waals surface area contributed by atoms with Gasteiger partial charge in [-0.15, -0.1) is 21.5 Å². The van der Waals surface area contributed by atoms with Crippen LogP contribution in [0.15, 0.2) is 71.2 Å². The number of thiophene rings is 1. The molecule has 34 heavy (non-hydrogen) atoms. The molecule has 0 spiro atoms. The minimum Gasteiger partial charge on any atom is -0.495 e. The van der Waals surface area contributed by atoms with E-state index in [2.05, 4.69) is 20.8 Å². The molecule has 0 aliphatic carbocycles. The normalized spacial score (nSPS) is 11.6. The van der Waals surface area contributed by atoms with Crippen molar-refractivity contribution in [1.82, 2.24) is 14.8 Å². The first kappa shape index (κ1) is 23.5. The van der Waals surface area contributed by atoms with E-state index in [0.717, 1.165) is 10.6 Å². The fourth-order valence-corrected chi connectivity index (χ4v) is 4.80. The van der Waals surface area contributed by atoms with Crippen molar-refractivity contribution in [3.05, 3.63) is 66.0 Å². The fraction of sp³-hybridized carbons (Fsp3) is 0.167. The molecule has 0 unspecified atom stereocenters. The predicted molar refractivity (Wildman–Crippen MR) is 136 cm³/mol. The lowest BCUT2D eigenvalue weighted by molar-refractivity contribution is -0.115. The Labute approximate surface area is 205 Å². The molecule has 4 rings (SSSR count). The third-order valence-corrected chi connectivity index (χ3v) is 6.73. The Kier molecular flexibility index (Phi) is 7.29. The average molecular weight is 494 g/mol. The number of para-hydroxylation sites is 2. The summed E-state index contributed by atoms with van der Waals surface area (Å²) in [5, 5.41) is 16.5. The van der Waals surface area contributed by atoms with Gasteiger partial charge in [0, 0.05) is 18.3 Å². The van der Waals surface area contributed by atoms with Crippen LogP contribution < -0.4 is 15.4 Å². The molecule has 0 aliphatic heterocycles. The number of nitrogens with zero attached hydrogens (tertiary/aromatic N) is 3. The summed E-state index contributed by atoms with van der Waals surface area (Å²) in [6.07, 6.45) is 0. The van der Waals surface area contributed by atoms with Crippen molar-refractivity contribution >= 4 is 46.3 Å². The molecule has 174 valence electrons. The average Bonchev–Trinajstić information content (AvgIpc) is 3.50. The van der Waals surface area contributed by atoms with Gasteiger partial charge in [-0.1, -0.05) is 30.0 Å². The molecule has 0 bridgehead atoms. The monoisotopic (exact) mass is 493 g/mol. The minimum absolute atomic E-state index is 0.150. The Hall–Kier alpha value is -3.63. The second kappa shape index (κ2) is 10.5. The van der Waals surface area contributed by atoms with Crippen LogP contribution in [0.3, 0.4) is 0 Å². The molecule has 0 aliphatic rings. The lowest BCUT2D eigenvalue weighted by Crippen LogP contribution is -2.23. The van der Waals surface area contributed by atoms with E-state index in [-0.39, 0.29) is 11.8 Å². The van der Waals surface area contributed by atoms with Gasteiger partial charge in [0.15, 0.2) is 11.0 Å². The quantitative estimate of drug-likeness (QED) is 0.332. The van der Waals surface area contributed by atoms with E-state index < -0.39 is 5.25 Å². The summed E-state index contributed by atoms with van der Waals surface area (Å²) in [4.78, 5) is 25.0. The second-order valence-electron chi connectivity index (χ2n) is 7.30. The summed E-state index contributed by atoms with van der Waals surface area (Å²) in [5.74, 6) is 1.04. The van der Waals surface area contributed by atoms with Gasteiger partial charge >= 0.3 is 0 Å². The van der Waals surface area contributed by atoms with E-state index in [1.807, 2.05) is 53.3 Å². The van der Waals surface area contributed by atoms with Crippen molar-refractivity contribution in [3.63, 3.8) is 0 Å². The van der Waals surface area contributed by atoms with E-state index in [9.17, 15) is 9.59 Å². The zero-order valence-electron chi connectivity index (χ0n) is 18.8. The standard InChI is InChI=1S/C24H23N5O3S2/c1-15(23(31)26-18-12-10-17(11-13-18)25-16(2)30)34-24-28-27-22(21-9-6-14-33-21)29(24)19-7-4-5-8-20(19)32-3/h4-15H,1-3H3,(H,25,30)(H,26,31)/t15-/m0/s1. The lowest BCUT2D eigenvalue weighted by atomic mass is 10.2. The number of amides is 2. The van der Waals surface area contributed by atoms with E-state index >= 15 is 0 Å². The van der Waals surface area contributed by atoms with Gasteiger partial charge in [0.1, 0.15) is 5.75 Å². The molecule has 2 aromatic carbocycles. The van der Waals surface area contributed by atoms with E-state index in [1.54, 1.807) is 42.7 Å². The van der Waals surface area contributed by atoms with Crippen molar-refractivity contribution in [3.8, 4) is 22.1 Å². The third-order valence-electron chi connectivity index (χ3n) is 4.83. The Morgan fingerprint density at radius 1 is 1.00 bits per heavy atom. The fourth-order valence-electron chi connectivity index (χ4n) is 3.24. The van der Waals surface area contributed by atoms with Crippen LogP contribution in [-0.2, 0) is 9.59 Å². The SMILES string of the molecule is COc1ccccc1-n1c(S[C@@H](C)C(=O)Nc2ccc(NC(C)=O)cc2)nnc1-c1cccs1. The number of hydrogen-bond donors (Lipinski definition) is 2. The van der Waals surface area contributed by atoms with Crippen molar-refractivity contribution in [2.24, 2.45) is 0 Å². The molecule has 0 fully saturated rings. The molecule has 2 heterocycles. The lowest BCUT2D eigenvalue weighted by Gasteiger charge is -2.15. The molecule has 0 saturated carbocycles. The number of nitrogens with one attached hydrogen (secondary N) is 2. The zero-order chi connectivity index (χ0) is 24.1. The van der Waals surface area contributed by atoms with Gasteiger partial charge in [0.25, 0.3) is 0 Å². The molecule has 2 aromatic heterocycles. The van der Waals surface area contributed by atoms with Gasteiger partial charge in [-0.3, -0.25) is 14.2 Å². The number of ether oxygens (including phenoxy) is 1. The van der Waals surface area contributed by atoms with E-state index in [0.29, 0.717) is 28.1 Å². The number of hydrogen-bond acceptors (Lipinski definition) is 7. The van der Waals surface area contributed by atoms with Crippen molar-refractivity contribution in [2.75, 3.05) is 17.7 Å². The van der Waals surface area contributed by atoms with Crippen LogP contribution in [0.2, 0.25) is 0 Å². The number of carbonyl (C=O) groups is 2. The van der Waals surface area contributed by atoms with Gasteiger partial charge in [-0.25, -0.2) is 0 Å². The van der Waals surface area contributed by atoms with Crippen molar-refractivity contribution in [2.45, 2.75) is 24.3 Å². The van der Waals surface area contributed by atoms with Crippen molar-refractivity contribution < 1.29 is 14.3 Å². The molecule has 1 atom stereocenters. The highest BCUT2D eigenvalue weighted by Crippen LogP contribution is 2.35. The number of methoxy groups -OCH3 is 1. The van der Waals surface area contributed by atoms with Crippen LogP contribution in [0.25, 0.3) is 16.4 Å². The molecular formula is C24H23N5O3S2. The Morgan fingerprint density at radius 3 is 2.35 bits per heavy atom. The zero-order valence-corrected chi connectivity index (χ0v) is 20.4. The summed E-state index contributed by atoms with van der Waals surface area (Å²) >= 11 is 2.88. The number of benzene rings is 2. The Bertz CT molecular complexity index is 1290. The largest absolute Gasteiger partial charge is 0.495 e. The van der Waals surface area contributed by atoms with Crippen LogP contribution in [-0.4, -0.2) is 38.9 Å². The second-order valence-corrected chi connectivity index (χ2v) is 9.55. The van der Waals surface area contributed by atoms with Gasteiger partial charge in [0.2, 0.25) is 11.8 Å². The van der Waals surface area contributed by atoms with Crippen LogP contribution in [0, 0.1) is 0 Å². The maximum atomic E-state index is 12.9. The summed E-state index contributed by atoms with van der Waals surface area (Å²) in [6, 6.07) is 18.5. The molecule has 2 N–H and O–H groups in total. The van der Waals surface area contributed by atoms with Gasteiger partial charge < -0.3 is 15.4 Å². The number of aromatic nitrogens is 3. The highest BCUT2D eigenvalue weighted by molar-refractivity contribution is 8.00. The first-order valence-electron chi connectivity index (χ1n) is 10.4. The summed E-state index contributed by atoms with van der Waals surface area (Å²) in [6.45, 7) is 3.26. The maximum Gasteiger partial charge on any atom is 0.237 e. The molecule has 0 saturated heterocycles. The van der Waals surface area contributed by atoms with E-state index in [1.165, 1.54) is 18.7 Å². The molecular weight excluding hydrogens is 470 g/mol. The van der Waals surface area contributed by atoms with Gasteiger partial charge in [-0.2, -0.15) is 0 Å². The molecule has 0 radical (unpaired) electrons. The molecule has 4 aromatic rings. The summed E-state index contributed by atoms with van der Waals surface area (Å²) < 4.78 is 7.49. The predicted octanol–water partition coefficient (Wildman–Crippen LogP) is 5.08. The van der Waals surface area contributed by atoms with Crippen LogP contribution in [0.5, 0.6) is 5.75 Å². The number of anilines is 2. The number of carbonyl (C=O) groups excluding carboxylic acids is 2. The Balaban J connectivity index is 1.57. The molecule has 10 heteroatoms. The van der Waals surface area contributed by atoms with Crippen LogP contribution in [0.1, 0.15) is 13.8 Å². The van der Waals surface area contributed by atoms with Crippen LogP contribution >= 0.6 is 23.1 Å². The molecule has 2 amide bonds.